The van der Waals surface area contributed by atoms with E-state index in [1.807, 2.05) is 6.92 Å². The second-order valence-corrected chi connectivity index (χ2v) is 4.46. The van der Waals surface area contributed by atoms with Crippen molar-refractivity contribution in [3.63, 3.8) is 0 Å². The second kappa shape index (κ2) is 4.63. The summed E-state index contributed by atoms with van der Waals surface area (Å²) >= 11 is 0. The summed E-state index contributed by atoms with van der Waals surface area (Å²) in [6.07, 6.45) is 5.35. The van der Waals surface area contributed by atoms with Gasteiger partial charge in [0, 0.05) is 5.57 Å². The molecule has 0 aliphatic heterocycles. The van der Waals surface area contributed by atoms with Crippen LogP contribution in [-0.4, -0.2) is 11.1 Å². The summed E-state index contributed by atoms with van der Waals surface area (Å²) in [5, 5.41) is 9.09. The van der Waals surface area contributed by atoms with Crippen molar-refractivity contribution in [2.45, 2.75) is 40.0 Å². The number of hydrogen-bond acceptors (Lipinski definition) is 1. The van der Waals surface area contributed by atoms with E-state index in [-0.39, 0.29) is 5.92 Å². The van der Waals surface area contributed by atoms with Crippen molar-refractivity contribution in [2.75, 3.05) is 0 Å². The Kier molecular flexibility index (Phi) is 3.73. The van der Waals surface area contributed by atoms with Gasteiger partial charge in [-0.2, -0.15) is 0 Å². The number of hydrogen-bond donors (Lipinski definition) is 1. The number of rotatable bonds is 2. The van der Waals surface area contributed by atoms with Gasteiger partial charge in [-0.1, -0.05) is 39.2 Å². The van der Waals surface area contributed by atoms with Gasteiger partial charge in [0.25, 0.3) is 0 Å². The molecule has 0 spiro atoms. The minimum Gasteiger partial charge on any atom is -0.478 e. The van der Waals surface area contributed by atoms with Crippen molar-refractivity contribution < 1.29 is 9.90 Å². The van der Waals surface area contributed by atoms with E-state index in [1.54, 1.807) is 6.08 Å². The minimum atomic E-state index is -0.738. The fourth-order valence-electron chi connectivity index (χ4n) is 2.75. The van der Waals surface area contributed by atoms with E-state index in [0.717, 1.165) is 0 Å². The third-order valence-corrected chi connectivity index (χ3v) is 3.46. The molecule has 2 heteroatoms. The van der Waals surface area contributed by atoms with Crippen LogP contribution in [0.2, 0.25) is 0 Å². The molecule has 0 saturated heterocycles. The molecule has 0 bridgehead atoms. The summed E-state index contributed by atoms with van der Waals surface area (Å²) in [6.45, 7) is 6.18. The third-order valence-electron chi connectivity index (χ3n) is 3.46. The van der Waals surface area contributed by atoms with Crippen molar-refractivity contribution in [3.05, 3.63) is 11.6 Å². The fraction of sp³-hybridized carbons (Fsp3) is 0.750. The number of carbonyl (C=O) groups is 1. The number of allylic oxidation sites excluding steroid dienone is 1. The van der Waals surface area contributed by atoms with Gasteiger partial charge in [-0.25, -0.2) is 4.79 Å². The molecule has 2 nitrogen and oxygen atoms in total. The minimum absolute atomic E-state index is 0.256. The molecule has 0 amide bonds. The molecule has 0 aromatic carbocycles. The first-order chi connectivity index (χ1) is 6.57. The molecule has 80 valence electrons. The predicted octanol–water partition coefficient (Wildman–Crippen LogP) is 3.09. The molecule has 1 aliphatic rings. The zero-order valence-electron chi connectivity index (χ0n) is 9.29. The maximum Gasteiger partial charge on any atom is 0.331 e. The van der Waals surface area contributed by atoms with Crippen molar-refractivity contribution in [1.82, 2.24) is 0 Å². The number of carboxylic acid groups (broad SMARTS) is 1. The Morgan fingerprint density at radius 3 is 2.14 bits per heavy atom. The van der Waals surface area contributed by atoms with Gasteiger partial charge in [-0.3, -0.25) is 0 Å². The lowest BCUT2D eigenvalue weighted by molar-refractivity contribution is -0.133. The van der Waals surface area contributed by atoms with E-state index in [1.165, 1.54) is 19.3 Å². The highest BCUT2D eigenvalue weighted by Crippen LogP contribution is 2.38. The maximum absolute atomic E-state index is 11.1. The van der Waals surface area contributed by atoms with E-state index in [9.17, 15) is 4.79 Å². The monoisotopic (exact) mass is 196 g/mol. The van der Waals surface area contributed by atoms with Gasteiger partial charge >= 0.3 is 5.97 Å². The Morgan fingerprint density at radius 1 is 1.29 bits per heavy atom. The van der Waals surface area contributed by atoms with Crippen molar-refractivity contribution >= 4 is 5.97 Å². The van der Waals surface area contributed by atoms with Gasteiger partial charge in [-0.15, -0.1) is 0 Å². The fourth-order valence-corrected chi connectivity index (χ4v) is 2.75. The van der Waals surface area contributed by atoms with Crippen LogP contribution in [0.1, 0.15) is 40.0 Å². The quantitative estimate of drug-likeness (QED) is 0.689. The molecule has 2 atom stereocenters. The first-order valence-electron chi connectivity index (χ1n) is 5.47. The van der Waals surface area contributed by atoms with Gasteiger partial charge in [0.05, 0.1) is 0 Å². The van der Waals surface area contributed by atoms with Crippen LogP contribution in [-0.2, 0) is 4.79 Å². The summed E-state index contributed by atoms with van der Waals surface area (Å²) < 4.78 is 0. The van der Waals surface area contributed by atoms with Gasteiger partial charge in [0.1, 0.15) is 0 Å². The standard InChI is InChI=1S/C12H20O2/c1-4-10(12(13)14)11-8(2)6-5-7-9(11)3/h4,8-9,11H,5-7H2,1-3H3,(H,13,14)/b10-4+. The smallest absolute Gasteiger partial charge is 0.331 e. The lowest BCUT2D eigenvalue weighted by Gasteiger charge is -2.34. The SMILES string of the molecule is C/C=C(/C(=O)O)C1C(C)CCCC1C. The van der Waals surface area contributed by atoms with E-state index < -0.39 is 5.97 Å². The molecule has 0 aromatic rings. The second-order valence-electron chi connectivity index (χ2n) is 4.46. The zero-order valence-corrected chi connectivity index (χ0v) is 9.29. The van der Waals surface area contributed by atoms with Crippen molar-refractivity contribution in [1.29, 1.82) is 0 Å². The molecule has 1 rings (SSSR count). The topological polar surface area (TPSA) is 37.3 Å². The summed E-state index contributed by atoms with van der Waals surface area (Å²) in [7, 11) is 0. The highest BCUT2D eigenvalue weighted by molar-refractivity contribution is 5.87. The van der Waals surface area contributed by atoms with Crippen LogP contribution in [0.4, 0.5) is 0 Å². The molecule has 0 aromatic heterocycles. The highest BCUT2D eigenvalue weighted by Gasteiger charge is 2.32. The van der Waals surface area contributed by atoms with Crippen LogP contribution in [0.3, 0.4) is 0 Å². The van der Waals surface area contributed by atoms with Gasteiger partial charge in [0.2, 0.25) is 0 Å². The highest BCUT2D eigenvalue weighted by atomic mass is 16.4. The molecular weight excluding hydrogens is 176 g/mol. The van der Waals surface area contributed by atoms with E-state index in [2.05, 4.69) is 13.8 Å². The first-order valence-corrected chi connectivity index (χ1v) is 5.47. The predicted molar refractivity (Wildman–Crippen MR) is 57.1 cm³/mol. The Hall–Kier alpha value is -0.790. The van der Waals surface area contributed by atoms with E-state index >= 15 is 0 Å². The molecule has 2 unspecified atom stereocenters. The molecule has 1 N–H and O–H groups in total. The first kappa shape index (κ1) is 11.3. The Morgan fingerprint density at radius 2 is 1.79 bits per heavy atom. The molecule has 0 radical (unpaired) electrons. The number of aliphatic carboxylic acids is 1. The Balaban J connectivity index is 2.86. The average molecular weight is 196 g/mol. The summed E-state index contributed by atoms with van der Waals surface area (Å²) in [4.78, 5) is 11.1. The Bertz CT molecular complexity index is 233. The molecule has 1 fully saturated rings. The van der Waals surface area contributed by atoms with Crippen LogP contribution >= 0.6 is 0 Å². The number of carboxylic acids is 1. The molecular formula is C12H20O2. The molecule has 14 heavy (non-hydrogen) atoms. The van der Waals surface area contributed by atoms with Gasteiger partial charge in [-0.05, 0) is 24.7 Å². The molecule has 1 aliphatic carbocycles. The zero-order chi connectivity index (χ0) is 10.7. The average Bonchev–Trinajstić information content (AvgIpc) is 2.10. The van der Waals surface area contributed by atoms with Crippen LogP contribution in [0.15, 0.2) is 11.6 Å². The van der Waals surface area contributed by atoms with E-state index in [4.69, 9.17) is 5.11 Å². The van der Waals surface area contributed by atoms with Gasteiger partial charge in [0.15, 0.2) is 0 Å². The van der Waals surface area contributed by atoms with Crippen molar-refractivity contribution in [2.24, 2.45) is 17.8 Å². The Labute approximate surface area is 86.0 Å². The van der Waals surface area contributed by atoms with Crippen molar-refractivity contribution in [3.8, 4) is 0 Å². The summed E-state index contributed by atoms with van der Waals surface area (Å²) in [5.41, 5.74) is 0.615. The lowest BCUT2D eigenvalue weighted by Crippen LogP contribution is -2.29. The summed E-state index contributed by atoms with van der Waals surface area (Å²) in [6, 6.07) is 0. The van der Waals surface area contributed by atoms with E-state index in [0.29, 0.717) is 17.4 Å². The maximum atomic E-state index is 11.1. The van der Waals surface area contributed by atoms with Crippen LogP contribution in [0.5, 0.6) is 0 Å². The lowest BCUT2D eigenvalue weighted by atomic mass is 9.70. The largest absolute Gasteiger partial charge is 0.478 e. The van der Waals surface area contributed by atoms with Crippen LogP contribution in [0.25, 0.3) is 0 Å². The normalized spacial score (nSPS) is 34.2. The molecule has 1 saturated carbocycles. The molecule has 0 heterocycles. The van der Waals surface area contributed by atoms with Crippen LogP contribution < -0.4 is 0 Å². The third kappa shape index (κ3) is 2.17. The van der Waals surface area contributed by atoms with Crippen LogP contribution in [0, 0.1) is 17.8 Å². The summed E-state index contributed by atoms with van der Waals surface area (Å²) in [5.74, 6) is 0.548. The van der Waals surface area contributed by atoms with Gasteiger partial charge < -0.3 is 5.11 Å².